The number of alkyl halides is 3. The van der Waals surface area contributed by atoms with E-state index >= 15 is 0 Å². The maximum absolute atomic E-state index is 11.6. The van der Waals surface area contributed by atoms with Crippen molar-refractivity contribution in [2.24, 2.45) is 11.5 Å². The number of halogens is 5. The highest BCUT2D eigenvalue weighted by Gasteiger charge is 2.46. The van der Waals surface area contributed by atoms with E-state index in [1.165, 1.54) is 0 Å². The molecule has 0 aliphatic heterocycles. The highest BCUT2D eigenvalue weighted by atomic mass is 35.5. The Morgan fingerprint density at radius 2 is 1.45 bits per heavy atom. The molecule has 72 valence electrons. The van der Waals surface area contributed by atoms with Gasteiger partial charge in [-0.2, -0.15) is 13.2 Å². The highest BCUT2D eigenvalue weighted by Crippen LogP contribution is 2.26. The van der Waals surface area contributed by atoms with Crippen molar-refractivity contribution in [3.8, 4) is 0 Å². The van der Waals surface area contributed by atoms with Crippen molar-refractivity contribution in [2.75, 3.05) is 6.54 Å². The largest absolute Gasteiger partial charge is 0.407 e. The monoisotopic (exact) mass is 214 g/mol. The molecule has 0 aliphatic carbocycles. The zero-order valence-corrected chi connectivity index (χ0v) is 7.45. The molecule has 0 aliphatic rings. The number of nitrogens with two attached hydrogens (primary N) is 2. The van der Waals surface area contributed by atoms with Crippen molar-refractivity contribution in [3.63, 3.8) is 0 Å². The third-order valence-corrected chi connectivity index (χ3v) is 1.07. The lowest BCUT2D eigenvalue weighted by Crippen LogP contribution is -2.56. The first kappa shape index (κ1) is 17.4. The lowest BCUT2D eigenvalue weighted by molar-refractivity contribution is -0.177. The molecule has 11 heavy (non-hydrogen) atoms. The van der Waals surface area contributed by atoms with Crippen LogP contribution in [0.15, 0.2) is 0 Å². The summed E-state index contributed by atoms with van der Waals surface area (Å²) in [7, 11) is 0. The average Bonchev–Trinajstić information content (AvgIpc) is 1.64. The Morgan fingerprint density at radius 1 is 1.18 bits per heavy atom. The van der Waals surface area contributed by atoms with Gasteiger partial charge in [0.25, 0.3) is 0 Å². The van der Waals surface area contributed by atoms with Gasteiger partial charge in [-0.05, 0) is 6.92 Å². The van der Waals surface area contributed by atoms with Crippen molar-refractivity contribution in [2.45, 2.75) is 18.6 Å². The molecule has 0 aromatic heterocycles. The van der Waals surface area contributed by atoms with E-state index in [9.17, 15) is 13.2 Å². The Labute approximate surface area is 75.3 Å². The molecule has 0 radical (unpaired) electrons. The molecule has 0 saturated carbocycles. The smallest absolute Gasteiger partial charge is 0.328 e. The van der Waals surface area contributed by atoms with Crippen LogP contribution in [0.3, 0.4) is 0 Å². The van der Waals surface area contributed by atoms with Gasteiger partial charge in [0.15, 0.2) is 0 Å². The maximum Gasteiger partial charge on any atom is 0.407 e. The van der Waals surface area contributed by atoms with E-state index in [4.69, 9.17) is 11.5 Å². The zero-order valence-electron chi connectivity index (χ0n) is 5.81. The van der Waals surface area contributed by atoms with Crippen LogP contribution in [-0.2, 0) is 0 Å². The van der Waals surface area contributed by atoms with E-state index in [2.05, 4.69) is 0 Å². The average molecular weight is 215 g/mol. The zero-order chi connectivity index (χ0) is 7.71. The van der Waals surface area contributed by atoms with Gasteiger partial charge in [0.05, 0.1) is 0 Å². The first-order chi connectivity index (χ1) is 3.81. The van der Waals surface area contributed by atoms with Gasteiger partial charge < -0.3 is 11.5 Å². The van der Waals surface area contributed by atoms with Crippen LogP contribution < -0.4 is 11.5 Å². The van der Waals surface area contributed by atoms with Gasteiger partial charge in [0.2, 0.25) is 0 Å². The van der Waals surface area contributed by atoms with Gasteiger partial charge in [-0.1, -0.05) is 0 Å². The fourth-order valence-corrected chi connectivity index (χ4v) is 0.116. The Balaban J connectivity index is -0.000000320. The van der Waals surface area contributed by atoms with Crippen molar-refractivity contribution in [1.29, 1.82) is 0 Å². The van der Waals surface area contributed by atoms with Crippen LogP contribution in [0.1, 0.15) is 6.92 Å². The number of hydrogen-bond donors (Lipinski definition) is 2. The molecule has 0 spiro atoms. The van der Waals surface area contributed by atoms with Crippen LogP contribution >= 0.6 is 24.8 Å². The number of hydrogen-bond acceptors (Lipinski definition) is 2. The molecule has 0 saturated heterocycles. The van der Waals surface area contributed by atoms with E-state index in [-0.39, 0.29) is 24.8 Å². The minimum absolute atomic E-state index is 0. The summed E-state index contributed by atoms with van der Waals surface area (Å²) >= 11 is 0. The van der Waals surface area contributed by atoms with E-state index in [0.717, 1.165) is 6.92 Å². The third-order valence-electron chi connectivity index (χ3n) is 1.07. The van der Waals surface area contributed by atoms with E-state index < -0.39 is 18.3 Å². The SMILES string of the molecule is C[C@@](N)(CN)C(F)(F)F.Cl.Cl. The Kier molecular flexibility index (Phi) is 7.95. The Bertz CT molecular complexity index is 104. The second-order valence-electron chi connectivity index (χ2n) is 2.12. The molecular formula is C4H11Cl2F3N2. The summed E-state index contributed by atoms with van der Waals surface area (Å²) in [6.45, 7) is 0.267. The maximum atomic E-state index is 11.6. The molecule has 2 nitrogen and oxygen atoms in total. The molecule has 7 heteroatoms. The molecule has 0 heterocycles. The van der Waals surface area contributed by atoms with Gasteiger partial charge in [0, 0.05) is 6.54 Å². The van der Waals surface area contributed by atoms with Crippen molar-refractivity contribution in [3.05, 3.63) is 0 Å². The highest BCUT2D eigenvalue weighted by molar-refractivity contribution is 5.85. The lowest BCUT2D eigenvalue weighted by atomic mass is 10.1. The van der Waals surface area contributed by atoms with Crippen LogP contribution in [0.2, 0.25) is 0 Å². The van der Waals surface area contributed by atoms with Crippen LogP contribution in [0, 0.1) is 0 Å². The van der Waals surface area contributed by atoms with Crippen LogP contribution in [0.4, 0.5) is 13.2 Å². The molecule has 0 unspecified atom stereocenters. The second kappa shape index (κ2) is 5.03. The summed E-state index contributed by atoms with van der Waals surface area (Å²) in [5, 5.41) is 0. The summed E-state index contributed by atoms with van der Waals surface area (Å²) in [4.78, 5) is 0. The predicted octanol–water partition coefficient (Wildman–Crippen LogP) is 1.07. The van der Waals surface area contributed by atoms with Gasteiger partial charge in [-0.25, -0.2) is 0 Å². The fourth-order valence-electron chi connectivity index (χ4n) is 0.116. The number of rotatable bonds is 1. The van der Waals surface area contributed by atoms with E-state index in [0.29, 0.717) is 0 Å². The molecule has 1 atom stereocenters. The fraction of sp³-hybridized carbons (Fsp3) is 1.00. The molecule has 0 aromatic carbocycles. The molecule has 0 fully saturated rings. The van der Waals surface area contributed by atoms with E-state index in [1.807, 2.05) is 0 Å². The minimum Gasteiger partial charge on any atom is -0.328 e. The first-order valence-electron chi connectivity index (χ1n) is 2.37. The summed E-state index contributed by atoms with van der Waals surface area (Å²) < 4.78 is 34.9. The summed E-state index contributed by atoms with van der Waals surface area (Å²) in [5.41, 5.74) is 7.25. The van der Waals surface area contributed by atoms with E-state index in [1.54, 1.807) is 0 Å². The molecule has 4 N–H and O–H groups in total. The second-order valence-corrected chi connectivity index (χ2v) is 2.12. The third kappa shape index (κ3) is 4.68. The molecule has 0 aromatic rings. The standard InChI is InChI=1S/C4H9F3N2.2ClH/c1-3(9,2-8)4(5,6)7;;/h2,8-9H2,1H3;2*1H/t3-;;/m1../s1. The lowest BCUT2D eigenvalue weighted by Gasteiger charge is -2.25. The summed E-state index contributed by atoms with van der Waals surface area (Å²) in [6, 6.07) is 0. The van der Waals surface area contributed by atoms with Gasteiger partial charge >= 0.3 is 6.18 Å². The topological polar surface area (TPSA) is 52.0 Å². The van der Waals surface area contributed by atoms with Crippen LogP contribution in [0.5, 0.6) is 0 Å². The van der Waals surface area contributed by atoms with Crippen molar-refractivity contribution < 1.29 is 13.2 Å². The summed E-state index contributed by atoms with van der Waals surface area (Å²) in [6.07, 6.45) is -4.40. The molecule has 0 rings (SSSR count). The first-order valence-corrected chi connectivity index (χ1v) is 2.37. The van der Waals surface area contributed by atoms with Gasteiger partial charge in [-0.3, -0.25) is 0 Å². The van der Waals surface area contributed by atoms with Crippen LogP contribution in [-0.4, -0.2) is 18.3 Å². The van der Waals surface area contributed by atoms with Crippen LogP contribution in [0.25, 0.3) is 0 Å². The Hall–Kier alpha value is 0.290. The van der Waals surface area contributed by atoms with Crippen molar-refractivity contribution >= 4 is 24.8 Å². The van der Waals surface area contributed by atoms with Gasteiger partial charge in [-0.15, -0.1) is 24.8 Å². The van der Waals surface area contributed by atoms with Crippen molar-refractivity contribution in [1.82, 2.24) is 0 Å². The normalized spacial score (nSPS) is 15.8. The molecule has 0 amide bonds. The minimum atomic E-state index is -4.40. The molecule has 0 bridgehead atoms. The summed E-state index contributed by atoms with van der Waals surface area (Å²) in [5.74, 6) is 0. The predicted molar refractivity (Wildman–Crippen MR) is 42.2 cm³/mol. The quantitative estimate of drug-likeness (QED) is 0.687. The van der Waals surface area contributed by atoms with Gasteiger partial charge in [0.1, 0.15) is 5.54 Å². The Morgan fingerprint density at radius 3 is 1.45 bits per heavy atom. The molecular weight excluding hydrogens is 204 g/mol.